The molecule has 0 aliphatic carbocycles. The molecule has 5 heteroatoms. The van der Waals surface area contributed by atoms with Gasteiger partial charge in [0.05, 0.1) is 5.56 Å². The van der Waals surface area contributed by atoms with Crippen LogP contribution in [-0.2, 0) is 0 Å². The highest BCUT2D eigenvalue weighted by atomic mass is 16.3. The fourth-order valence-corrected chi connectivity index (χ4v) is 1.14. The number of nitroso groups, excluding NO2 is 1. The molecule has 2 rings (SSSR count). The third-order valence-electron chi connectivity index (χ3n) is 1.78. The van der Waals surface area contributed by atoms with E-state index < -0.39 is 5.91 Å². The summed E-state index contributed by atoms with van der Waals surface area (Å²) in [4.78, 5) is 28.8. The van der Waals surface area contributed by atoms with Gasteiger partial charge in [-0.1, -0.05) is 0 Å². The van der Waals surface area contributed by atoms with Crippen molar-refractivity contribution in [1.82, 2.24) is 9.97 Å². The molecule has 1 amide bonds. The van der Waals surface area contributed by atoms with Crippen LogP contribution in [-0.4, -0.2) is 15.9 Å². The molecular weight excluding hydrogens is 182 g/mol. The predicted octanol–water partition coefficient (Wildman–Crippen LogP) is 1.54. The number of pyridine rings is 2. The summed E-state index contributed by atoms with van der Waals surface area (Å²) < 4.78 is 0. The molecule has 2 aromatic heterocycles. The molecule has 0 bridgehead atoms. The predicted molar refractivity (Wildman–Crippen MR) is 49.7 cm³/mol. The van der Waals surface area contributed by atoms with Crippen molar-refractivity contribution in [2.75, 3.05) is 0 Å². The lowest BCUT2D eigenvalue weighted by Gasteiger charge is -1.96. The summed E-state index contributed by atoms with van der Waals surface area (Å²) in [5, 5.41) is 3.03. The molecule has 2 heterocycles. The number of carbonyl (C=O) groups excluding carboxylic acids is 1. The average molecular weight is 187 g/mol. The molecule has 0 N–H and O–H groups in total. The Morgan fingerprint density at radius 3 is 3.00 bits per heavy atom. The highest BCUT2D eigenvalue weighted by Gasteiger charge is 2.06. The minimum Gasteiger partial charge on any atom is -0.263 e. The molecule has 5 nitrogen and oxygen atoms in total. The van der Waals surface area contributed by atoms with E-state index in [2.05, 4.69) is 15.1 Å². The van der Waals surface area contributed by atoms with Crippen molar-refractivity contribution in [1.29, 1.82) is 0 Å². The Morgan fingerprint density at radius 1 is 1.36 bits per heavy atom. The van der Waals surface area contributed by atoms with E-state index in [1.54, 1.807) is 24.4 Å². The maximum atomic E-state index is 10.9. The molecule has 0 unspecified atom stereocenters. The fourth-order valence-electron chi connectivity index (χ4n) is 1.14. The Balaban J connectivity index is 2.62. The van der Waals surface area contributed by atoms with Gasteiger partial charge in [-0.05, 0) is 18.2 Å². The zero-order valence-corrected chi connectivity index (χ0v) is 7.04. The van der Waals surface area contributed by atoms with Crippen LogP contribution in [0.1, 0.15) is 10.4 Å². The lowest BCUT2D eigenvalue weighted by molar-refractivity contribution is 0.100. The SMILES string of the molecule is O=NC(=O)c1cnc2ncccc2c1. The normalized spacial score (nSPS) is 10.0. The fraction of sp³-hybridized carbons (Fsp3) is 0. The second kappa shape index (κ2) is 3.29. The Morgan fingerprint density at radius 2 is 2.21 bits per heavy atom. The van der Waals surface area contributed by atoms with Gasteiger partial charge in [0.25, 0.3) is 0 Å². The minimum atomic E-state index is -0.816. The molecule has 0 saturated heterocycles. The van der Waals surface area contributed by atoms with Crippen molar-refractivity contribution < 1.29 is 4.79 Å². The van der Waals surface area contributed by atoms with Gasteiger partial charge in [0.2, 0.25) is 0 Å². The Hall–Kier alpha value is -2.17. The van der Waals surface area contributed by atoms with Gasteiger partial charge < -0.3 is 0 Å². The Labute approximate surface area is 78.8 Å². The van der Waals surface area contributed by atoms with Crippen LogP contribution in [0.15, 0.2) is 35.8 Å². The smallest absolute Gasteiger partial charge is 0.263 e. The number of nitrogens with zero attached hydrogens (tertiary/aromatic N) is 3. The summed E-state index contributed by atoms with van der Waals surface area (Å²) in [6.07, 6.45) is 2.90. The van der Waals surface area contributed by atoms with E-state index in [1.807, 2.05) is 0 Å². The maximum absolute atomic E-state index is 10.9. The zero-order valence-electron chi connectivity index (χ0n) is 7.04. The topological polar surface area (TPSA) is 72.3 Å². The van der Waals surface area contributed by atoms with Gasteiger partial charge >= 0.3 is 5.91 Å². The first kappa shape index (κ1) is 8.43. The van der Waals surface area contributed by atoms with E-state index in [-0.39, 0.29) is 5.56 Å². The number of fused-ring (bicyclic) bond motifs is 1. The van der Waals surface area contributed by atoms with Crippen molar-refractivity contribution >= 4 is 16.9 Å². The largest absolute Gasteiger partial charge is 0.318 e. The highest BCUT2D eigenvalue weighted by molar-refractivity contribution is 5.97. The maximum Gasteiger partial charge on any atom is 0.318 e. The quantitative estimate of drug-likeness (QED) is 0.634. The molecule has 0 radical (unpaired) electrons. The first-order valence-electron chi connectivity index (χ1n) is 3.90. The summed E-state index contributed by atoms with van der Waals surface area (Å²) in [5.41, 5.74) is 0.718. The number of hydrogen-bond acceptors (Lipinski definition) is 4. The van der Waals surface area contributed by atoms with Crippen LogP contribution in [0.25, 0.3) is 11.0 Å². The molecule has 68 valence electrons. The third-order valence-corrected chi connectivity index (χ3v) is 1.78. The number of amides is 1. The van der Waals surface area contributed by atoms with Crippen LogP contribution >= 0.6 is 0 Å². The molecule has 0 saturated carbocycles. The second-order valence-corrected chi connectivity index (χ2v) is 2.67. The zero-order chi connectivity index (χ0) is 9.97. The van der Waals surface area contributed by atoms with Gasteiger partial charge in [0.15, 0.2) is 5.65 Å². The van der Waals surface area contributed by atoms with Gasteiger partial charge in [0.1, 0.15) is 0 Å². The van der Waals surface area contributed by atoms with Crippen LogP contribution in [0.3, 0.4) is 0 Å². The van der Waals surface area contributed by atoms with Crippen LogP contribution in [0.5, 0.6) is 0 Å². The molecule has 0 atom stereocenters. The molecule has 0 spiro atoms. The summed E-state index contributed by atoms with van der Waals surface area (Å²) in [5.74, 6) is -0.816. The van der Waals surface area contributed by atoms with Crippen LogP contribution < -0.4 is 0 Å². The summed E-state index contributed by atoms with van der Waals surface area (Å²) in [6.45, 7) is 0. The number of rotatable bonds is 1. The van der Waals surface area contributed by atoms with Crippen molar-refractivity contribution in [2.24, 2.45) is 5.18 Å². The van der Waals surface area contributed by atoms with Crippen LogP contribution in [0, 0.1) is 4.91 Å². The van der Waals surface area contributed by atoms with Crippen molar-refractivity contribution in [3.05, 3.63) is 41.1 Å². The van der Waals surface area contributed by atoms with Gasteiger partial charge in [-0.15, -0.1) is 4.91 Å². The number of hydrogen-bond donors (Lipinski definition) is 0. The van der Waals surface area contributed by atoms with E-state index in [9.17, 15) is 9.70 Å². The molecule has 0 aliphatic heterocycles. The molecule has 0 fully saturated rings. The van der Waals surface area contributed by atoms with Gasteiger partial charge in [-0.25, -0.2) is 9.97 Å². The Bertz CT molecular complexity index is 510. The number of aromatic nitrogens is 2. The first-order valence-corrected chi connectivity index (χ1v) is 3.90. The Kier molecular flexibility index (Phi) is 1.98. The lowest BCUT2D eigenvalue weighted by Crippen LogP contribution is -1.95. The summed E-state index contributed by atoms with van der Waals surface area (Å²) >= 11 is 0. The second-order valence-electron chi connectivity index (χ2n) is 2.67. The standard InChI is InChI=1S/C9H5N3O2/c13-9(12-14)7-4-6-2-1-3-10-8(6)11-5-7/h1-5H. The summed E-state index contributed by atoms with van der Waals surface area (Å²) in [6, 6.07) is 5.03. The first-order chi connectivity index (χ1) is 6.81. The molecule has 0 aromatic carbocycles. The molecule has 0 aliphatic rings. The van der Waals surface area contributed by atoms with E-state index in [0.717, 1.165) is 0 Å². The molecular formula is C9H5N3O2. The van der Waals surface area contributed by atoms with Crippen LogP contribution in [0.2, 0.25) is 0 Å². The van der Waals surface area contributed by atoms with Gasteiger partial charge in [0, 0.05) is 23.0 Å². The minimum absolute atomic E-state index is 0.181. The number of carbonyl (C=O) groups is 1. The van der Waals surface area contributed by atoms with Crippen molar-refractivity contribution in [2.45, 2.75) is 0 Å². The van der Waals surface area contributed by atoms with Gasteiger partial charge in [-0.3, -0.25) is 4.79 Å². The monoisotopic (exact) mass is 187 g/mol. The van der Waals surface area contributed by atoms with E-state index in [4.69, 9.17) is 0 Å². The average Bonchev–Trinajstić information content (AvgIpc) is 2.27. The van der Waals surface area contributed by atoms with E-state index >= 15 is 0 Å². The summed E-state index contributed by atoms with van der Waals surface area (Å²) in [7, 11) is 0. The van der Waals surface area contributed by atoms with Crippen molar-refractivity contribution in [3.8, 4) is 0 Å². The van der Waals surface area contributed by atoms with Crippen LogP contribution in [0.4, 0.5) is 0 Å². The van der Waals surface area contributed by atoms with Crippen molar-refractivity contribution in [3.63, 3.8) is 0 Å². The highest BCUT2D eigenvalue weighted by Crippen LogP contribution is 2.10. The third kappa shape index (κ3) is 1.35. The van der Waals surface area contributed by atoms with E-state index in [0.29, 0.717) is 11.0 Å². The molecule has 2 aromatic rings. The van der Waals surface area contributed by atoms with Gasteiger partial charge in [-0.2, -0.15) is 0 Å². The molecule has 14 heavy (non-hydrogen) atoms. The van der Waals surface area contributed by atoms with E-state index in [1.165, 1.54) is 6.20 Å². The lowest BCUT2D eigenvalue weighted by atomic mass is 10.2.